The van der Waals surface area contributed by atoms with E-state index < -0.39 is 0 Å². The smallest absolute Gasteiger partial charge is 0.0244 e. The third-order valence-corrected chi connectivity index (χ3v) is 3.68. The van der Waals surface area contributed by atoms with Gasteiger partial charge in [-0.3, -0.25) is 4.90 Å². The van der Waals surface area contributed by atoms with Gasteiger partial charge in [-0.2, -0.15) is 0 Å². The van der Waals surface area contributed by atoms with Crippen LogP contribution in [-0.2, 0) is 0 Å². The van der Waals surface area contributed by atoms with Crippen LogP contribution in [0.2, 0.25) is 0 Å². The minimum Gasteiger partial charge on any atom is -0.311 e. The first-order valence-electron chi connectivity index (χ1n) is 6.64. The van der Waals surface area contributed by atoms with Crippen molar-refractivity contribution < 1.29 is 0 Å². The molecule has 0 saturated carbocycles. The molecule has 16 heavy (non-hydrogen) atoms. The Kier molecular flexibility index (Phi) is 5.50. The first kappa shape index (κ1) is 13.7. The zero-order valence-electron chi connectivity index (χ0n) is 11.4. The van der Waals surface area contributed by atoms with Crippen LogP contribution >= 0.6 is 0 Å². The molecule has 2 nitrogen and oxygen atoms in total. The van der Waals surface area contributed by atoms with Gasteiger partial charge in [0.15, 0.2) is 0 Å². The van der Waals surface area contributed by atoms with Crippen LogP contribution in [0.1, 0.15) is 34.1 Å². The highest BCUT2D eigenvalue weighted by Crippen LogP contribution is 2.18. The first-order valence-corrected chi connectivity index (χ1v) is 6.64. The van der Waals surface area contributed by atoms with E-state index in [9.17, 15) is 0 Å². The lowest BCUT2D eigenvalue weighted by Gasteiger charge is -2.43. The molecular formula is C14H28N2. The normalized spacial score (nSPS) is 27.6. The average Bonchev–Trinajstić information content (AvgIpc) is 2.25. The number of hydrogen-bond acceptors (Lipinski definition) is 2. The molecule has 0 radical (unpaired) electrons. The van der Waals surface area contributed by atoms with E-state index in [4.69, 9.17) is 0 Å². The molecule has 0 amide bonds. The van der Waals surface area contributed by atoms with Crippen LogP contribution in [0, 0.1) is 11.8 Å². The van der Waals surface area contributed by atoms with Gasteiger partial charge in [-0.15, -0.1) is 6.58 Å². The molecule has 0 bridgehead atoms. The third-order valence-electron chi connectivity index (χ3n) is 3.68. The standard InChI is InChI=1S/C14H28N2/c1-6-7-8-16-10-13(11(2)3)15-9-14(16)12(4)5/h6,11-15H,1,7-10H2,2-5H3. The second-order valence-electron chi connectivity index (χ2n) is 5.64. The molecule has 0 aromatic heterocycles. The minimum absolute atomic E-state index is 0.653. The third kappa shape index (κ3) is 3.60. The van der Waals surface area contributed by atoms with Gasteiger partial charge in [-0.25, -0.2) is 0 Å². The Labute approximate surface area is 101 Å². The van der Waals surface area contributed by atoms with E-state index in [-0.39, 0.29) is 0 Å². The molecule has 1 N–H and O–H groups in total. The second-order valence-corrected chi connectivity index (χ2v) is 5.64. The van der Waals surface area contributed by atoms with Gasteiger partial charge >= 0.3 is 0 Å². The van der Waals surface area contributed by atoms with E-state index in [1.807, 2.05) is 6.08 Å². The van der Waals surface area contributed by atoms with Crippen LogP contribution in [-0.4, -0.2) is 36.6 Å². The van der Waals surface area contributed by atoms with Gasteiger partial charge in [-0.05, 0) is 18.3 Å². The van der Waals surface area contributed by atoms with Crippen molar-refractivity contribution in [3.8, 4) is 0 Å². The maximum Gasteiger partial charge on any atom is 0.0244 e. The summed E-state index contributed by atoms with van der Waals surface area (Å²) in [4.78, 5) is 2.65. The average molecular weight is 224 g/mol. The summed E-state index contributed by atoms with van der Waals surface area (Å²) >= 11 is 0. The van der Waals surface area contributed by atoms with Crippen molar-refractivity contribution >= 4 is 0 Å². The van der Waals surface area contributed by atoms with E-state index in [1.54, 1.807) is 0 Å². The van der Waals surface area contributed by atoms with Gasteiger partial charge in [0, 0.05) is 31.7 Å². The number of piperazine rings is 1. The van der Waals surface area contributed by atoms with Gasteiger partial charge in [0.25, 0.3) is 0 Å². The molecule has 0 spiro atoms. The first-order chi connectivity index (χ1) is 7.56. The van der Waals surface area contributed by atoms with Gasteiger partial charge in [0.1, 0.15) is 0 Å². The molecule has 1 heterocycles. The molecule has 0 aromatic rings. The highest BCUT2D eigenvalue weighted by atomic mass is 15.2. The monoisotopic (exact) mass is 224 g/mol. The SMILES string of the molecule is C=CCCN1CC(C(C)C)NCC1C(C)C. The van der Waals surface area contributed by atoms with E-state index in [2.05, 4.69) is 44.5 Å². The molecule has 0 aromatic carbocycles. The van der Waals surface area contributed by atoms with Gasteiger partial charge in [0.2, 0.25) is 0 Å². The number of nitrogens with zero attached hydrogens (tertiary/aromatic N) is 1. The van der Waals surface area contributed by atoms with E-state index in [1.165, 1.54) is 6.54 Å². The minimum atomic E-state index is 0.653. The molecule has 2 heteroatoms. The summed E-state index contributed by atoms with van der Waals surface area (Å²) in [5.41, 5.74) is 0. The van der Waals surface area contributed by atoms with Crippen LogP contribution in [0.4, 0.5) is 0 Å². The fourth-order valence-corrected chi connectivity index (χ4v) is 2.47. The zero-order valence-corrected chi connectivity index (χ0v) is 11.4. The van der Waals surface area contributed by atoms with Crippen LogP contribution in [0.15, 0.2) is 12.7 Å². The van der Waals surface area contributed by atoms with E-state index in [0.717, 1.165) is 31.3 Å². The van der Waals surface area contributed by atoms with Crippen molar-refractivity contribution in [1.82, 2.24) is 10.2 Å². The van der Waals surface area contributed by atoms with Crippen LogP contribution in [0.5, 0.6) is 0 Å². The van der Waals surface area contributed by atoms with Crippen LogP contribution in [0.25, 0.3) is 0 Å². The summed E-state index contributed by atoms with van der Waals surface area (Å²) in [5.74, 6) is 1.45. The summed E-state index contributed by atoms with van der Waals surface area (Å²) in [6, 6.07) is 1.34. The predicted octanol–water partition coefficient (Wildman–Crippen LogP) is 2.52. The number of hydrogen-bond donors (Lipinski definition) is 1. The molecule has 1 fully saturated rings. The van der Waals surface area contributed by atoms with Crippen molar-refractivity contribution in [2.45, 2.75) is 46.2 Å². The summed E-state index contributed by atoms with van der Waals surface area (Å²) in [5, 5.41) is 3.69. The van der Waals surface area contributed by atoms with Crippen molar-refractivity contribution in [3.05, 3.63) is 12.7 Å². The van der Waals surface area contributed by atoms with Crippen molar-refractivity contribution in [1.29, 1.82) is 0 Å². The second kappa shape index (κ2) is 6.41. The van der Waals surface area contributed by atoms with Gasteiger partial charge in [0.05, 0.1) is 0 Å². The molecule has 1 aliphatic rings. The quantitative estimate of drug-likeness (QED) is 0.722. The van der Waals surface area contributed by atoms with E-state index >= 15 is 0 Å². The molecule has 1 rings (SSSR count). The van der Waals surface area contributed by atoms with Crippen molar-refractivity contribution in [2.24, 2.45) is 11.8 Å². The summed E-state index contributed by atoms with van der Waals surface area (Å²) in [7, 11) is 0. The summed E-state index contributed by atoms with van der Waals surface area (Å²) in [6.07, 6.45) is 3.14. The lowest BCUT2D eigenvalue weighted by molar-refractivity contribution is 0.0870. The Morgan fingerprint density at radius 3 is 2.50 bits per heavy atom. The highest BCUT2D eigenvalue weighted by molar-refractivity contribution is 4.89. The van der Waals surface area contributed by atoms with Crippen molar-refractivity contribution in [2.75, 3.05) is 19.6 Å². The van der Waals surface area contributed by atoms with Crippen LogP contribution < -0.4 is 5.32 Å². The Morgan fingerprint density at radius 1 is 1.31 bits per heavy atom. The lowest BCUT2D eigenvalue weighted by Crippen LogP contribution is -2.59. The van der Waals surface area contributed by atoms with Crippen LogP contribution in [0.3, 0.4) is 0 Å². The molecular weight excluding hydrogens is 196 g/mol. The lowest BCUT2D eigenvalue weighted by atomic mass is 9.94. The Balaban J connectivity index is 2.57. The number of nitrogens with one attached hydrogen (secondary N) is 1. The highest BCUT2D eigenvalue weighted by Gasteiger charge is 2.30. The molecule has 1 saturated heterocycles. The summed E-state index contributed by atoms with van der Waals surface area (Å²) in [6.45, 7) is 16.6. The van der Waals surface area contributed by atoms with Crippen molar-refractivity contribution in [3.63, 3.8) is 0 Å². The molecule has 1 aliphatic heterocycles. The largest absolute Gasteiger partial charge is 0.311 e. The fourth-order valence-electron chi connectivity index (χ4n) is 2.47. The fraction of sp³-hybridized carbons (Fsp3) is 0.857. The molecule has 2 atom stereocenters. The number of rotatable bonds is 5. The Morgan fingerprint density at radius 2 is 2.00 bits per heavy atom. The predicted molar refractivity (Wildman–Crippen MR) is 71.6 cm³/mol. The van der Waals surface area contributed by atoms with Gasteiger partial charge < -0.3 is 5.32 Å². The molecule has 0 aliphatic carbocycles. The zero-order chi connectivity index (χ0) is 12.1. The maximum atomic E-state index is 3.83. The molecule has 94 valence electrons. The Hall–Kier alpha value is -0.340. The van der Waals surface area contributed by atoms with Gasteiger partial charge in [-0.1, -0.05) is 33.8 Å². The summed E-state index contributed by atoms with van der Waals surface area (Å²) < 4.78 is 0. The van der Waals surface area contributed by atoms with E-state index in [0.29, 0.717) is 12.1 Å². The Bertz CT molecular complexity index is 211. The maximum absolute atomic E-state index is 3.83. The topological polar surface area (TPSA) is 15.3 Å². The molecule has 2 unspecified atom stereocenters.